The summed E-state index contributed by atoms with van der Waals surface area (Å²) >= 11 is 0. The fraction of sp³-hybridized carbons (Fsp3) is 0.429. The van der Waals surface area contributed by atoms with Crippen molar-refractivity contribution in [3.8, 4) is 11.5 Å². The number of unbranched alkanes of at least 4 members (excludes halogenated alkanes) is 2. The molecule has 0 aliphatic heterocycles. The lowest BCUT2D eigenvalue weighted by Gasteiger charge is -2.09. The van der Waals surface area contributed by atoms with E-state index in [4.69, 9.17) is 18.9 Å². The quantitative estimate of drug-likeness (QED) is 0.233. The highest BCUT2D eigenvalue weighted by atomic mass is 16.5. The third kappa shape index (κ3) is 12.9. The molecule has 0 saturated heterocycles. The first-order valence-corrected chi connectivity index (χ1v) is 11.9. The number of nitrogens with two attached hydrogens (primary N) is 1. The molecule has 33 heavy (non-hydrogen) atoms. The highest BCUT2D eigenvalue weighted by Crippen LogP contribution is 2.13. The van der Waals surface area contributed by atoms with Gasteiger partial charge in [0.05, 0.1) is 13.2 Å². The predicted octanol–water partition coefficient (Wildman–Crippen LogP) is 4.67. The van der Waals surface area contributed by atoms with Gasteiger partial charge in [0, 0.05) is 24.3 Å². The molecule has 0 fully saturated rings. The smallest absolute Gasteiger partial charge is 0.119 e. The van der Waals surface area contributed by atoms with Crippen molar-refractivity contribution in [2.24, 2.45) is 0 Å². The highest BCUT2D eigenvalue weighted by Gasteiger charge is 2.01. The molecule has 0 aliphatic rings. The van der Waals surface area contributed by atoms with Gasteiger partial charge in [-0.3, -0.25) is 0 Å². The molecule has 0 saturated carbocycles. The summed E-state index contributed by atoms with van der Waals surface area (Å²) in [6.07, 6.45) is 7.84. The number of quaternary nitrogens is 1. The maximum absolute atomic E-state index is 5.73. The number of benzene rings is 2. The molecule has 0 unspecified atom stereocenters. The normalized spacial score (nSPS) is 10.7. The molecule has 180 valence electrons. The summed E-state index contributed by atoms with van der Waals surface area (Å²) in [5, 5.41) is 2.29. The summed E-state index contributed by atoms with van der Waals surface area (Å²) < 4.78 is 22.5. The monoisotopic (exact) mass is 454 g/mol. The highest BCUT2D eigenvalue weighted by molar-refractivity contribution is 5.27. The lowest BCUT2D eigenvalue weighted by Crippen LogP contribution is -2.80. The van der Waals surface area contributed by atoms with Crippen LogP contribution in [0.4, 0.5) is 0 Å². The Kier molecular flexibility index (Phi) is 14.5. The number of allylic oxidation sites excluding steroid dienone is 2. The van der Waals surface area contributed by atoms with Crippen LogP contribution in [0.25, 0.3) is 0 Å². The standard InChI is InChI=1S/C28H39NO4/c1-3-5-7-17-30-19-21-32-27-13-9-25(10-14-27)23-29-24-26-11-15-28(16-12-26)33-22-20-31-18-8-6-4-2/h3-4,9-16,29H,1-2,5-8,17-24H2/p+1. The molecule has 0 bridgehead atoms. The van der Waals surface area contributed by atoms with Crippen molar-refractivity contribution in [3.63, 3.8) is 0 Å². The SMILES string of the molecule is C=CCCCOCCOc1ccc(C[NH2+]Cc2ccc(OCCOCCCC=C)cc2)cc1. The largest absolute Gasteiger partial charge is 0.491 e. The second-order valence-corrected chi connectivity index (χ2v) is 7.77. The first-order valence-electron chi connectivity index (χ1n) is 11.9. The topological polar surface area (TPSA) is 53.5 Å². The van der Waals surface area contributed by atoms with Gasteiger partial charge in [-0.1, -0.05) is 12.2 Å². The van der Waals surface area contributed by atoms with E-state index in [9.17, 15) is 0 Å². The molecule has 5 heteroatoms. The van der Waals surface area contributed by atoms with Gasteiger partial charge in [0.2, 0.25) is 0 Å². The molecular weight excluding hydrogens is 414 g/mol. The van der Waals surface area contributed by atoms with E-state index in [1.807, 2.05) is 36.4 Å². The molecule has 2 N–H and O–H groups in total. The Balaban J connectivity index is 1.55. The van der Waals surface area contributed by atoms with Crippen LogP contribution in [0, 0.1) is 0 Å². The Hall–Kier alpha value is -2.60. The van der Waals surface area contributed by atoms with Gasteiger partial charge in [-0.05, 0) is 74.2 Å². The molecule has 0 spiro atoms. The Morgan fingerprint density at radius 2 is 1.00 bits per heavy atom. The van der Waals surface area contributed by atoms with Crippen molar-refractivity contribution in [1.82, 2.24) is 0 Å². The summed E-state index contributed by atoms with van der Waals surface area (Å²) in [6, 6.07) is 16.6. The van der Waals surface area contributed by atoms with Crippen molar-refractivity contribution >= 4 is 0 Å². The van der Waals surface area contributed by atoms with Crippen LogP contribution in [0.15, 0.2) is 73.8 Å². The third-order valence-corrected chi connectivity index (χ3v) is 4.99. The lowest BCUT2D eigenvalue weighted by atomic mass is 10.2. The predicted molar refractivity (Wildman–Crippen MR) is 134 cm³/mol. The number of hydrogen-bond donors (Lipinski definition) is 1. The molecule has 0 atom stereocenters. The number of hydrogen-bond acceptors (Lipinski definition) is 4. The van der Waals surface area contributed by atoms with E-state index in [0.717, 1.165) is 63.5 Å². The van der Waals surface area contributed by atoms with Crippen molar-refractivity contribution in [2.75, 3.05) is 39.6 Å². The molecule has 2 rings (SSSR count). The minimum Gasteiger partial charge on any atom is -0.491 e. The minimum absolute atomic E-state index is 0.571. The van der Waals surface area contributed by atoms with Gasteiger partial charge in [-0.2, -0.15) is 0 Å². The molecule has 5 nitrogen and oxygen atoms in total. The summed E-state index contributed by atoms with van der Waals surface area (Å²) in [4.78, 5) is 0. The molecule has 2 aromatic rings. The zero-order valence-electron chi connectivity index (χ0n) is 19.9. The Morgan fingerprint density at radius 3 is 1.39 bits per heavy atom. The van der Waals surface area contributed by atoms with Gasteiger partial charge in [0.25, 0.3) is 0 Å². The van der Waals surface area contributed by atoms with Crippen molar-refractivity contribution in [1.29, 1.82) is 0 Å². The summed E-state index contributed by atoms with van der Waals surface area (Å²) in [5.74, 6) is 1.76. The average molecular weight is 455 g/mol. The fourth-order valence-corrected chi connectivity index (χ4v) is 3.15. The van der Waals surface area contributed by atoms with E-state index in [2.05, 4.69) is 42.7 Å². The first kappa shape index (κ1) is 26.7. The van der Waals surface area contributed by atoms with Gasteiger partial charge in [-0.15, -0.1) is 13.2 Å². The number of ether oxygens (including phenoxy) is 4. The van der Waals surface area contributed by atoms with Crippen LogP contribution in [0.5, 0.6) is 11.5 Å². The fourth-order valence-electron chi connectivity index (χ4n) is 3.15. The summed E-state index contributed by atoms with van der Waals surface area (Å²) in [7, 11) is 0. The number of rotatable bonds is 20. The van der Waals surface area contributed by atoms with E-state index < -0.39 is 0 Å². The second-order valence-electron chi connectivity index (χ2n) is 7.77. The van der Waals surface area contributed by atoms with Crippen LogP contribution in [0.3, 0.4) is 0 Å². The van der Waals surface area contributed by atoms with Crippen molar-refractivity contribution < 1.29 is 24.3 Å². The Bertz CT molecular complexity index is 693. The van der Waals surface area contributed by atoms with Crippen molar-refractivity contribution in [3.05, 3.63) is 85.0 Å². The van der Waals surface area contributed by atoms with E-state index in [0.29, 0.717) is 26.4 Å². The van der Waals surface area contributed by atoms with Crippen LogP contribution in [0.2, 0.25) is 0 Å². The van der Waals surface area contributed by atoms with Crippen LogP contribution < -0.4 is 14.8 Å². The Labute approximate surface area is 199 Å². The molecule has 0 radical (unpaired) electrons. The van der Waals surface area contributed by atoms with E-state index in [1.165, 1.54) is 11.1 Å². The summed E-state index contributed by atoms with van der Waals surface area (Å²) in [5.41, 5.74) is 2.55. The zero-order chi connectivity index (χ0) is 23.4. The third-order valence-electron chi connectivity index (χ3n) is 4.99. The zero-order valence-corrected chi connectivity index (χ0v) is 19.9. The van der Waals surface area contributed by atoms with Gasteiger partial charge in [0.1, 0.15) is 37.8 Å². The molecular formula is C28H40NO4+. The van der Waals surface area contributed by atoms with Crippen LogP contribution in [0.1, 0.15) is 36.8 Å². The second kappa shape index (κ2) is 17.9. The van der Waals surface area contributed by atoms with E-state index >= 15 is 0 Å². The molecule has 0 aromatic heterocycles. The minimum atomic E-state index is 0.571. The van der Waals surface area contributed by atoms with Crippen LogP contribution in [-0.4, -0.2) is 39.6 Å². The summed E-state index contributed by atoms with van der Waals surface area (Å²) in [6.45, 7) is 13.1. The van der Waals surface area contributed by atoms with Crippen molar-refractivity contribution in [2.45, 2.75) is 38.8 Å². The van der Waals surface area contributed by atoms with Gasteiger partial charge in [0.15, 0.2) is 0 Å². The maximum atomic E-state index is 5.73. The van der Waals surface area contributed by atoms with Gasteiger partial charge in [-0.25, -0.2) is 0 Å². The van der Waals surface area contributed by atoms with Crippen LogP contribution >= 0.6 is 0 Å². The Morgan fingerprint density at radius 1 is 0.576 bits per heavy atom. The molecule has 0 heterocycles. The lowest BCUT2D eigenvalue weighted by molar-refractivity contribution is -0.686. The van der Waals surface area contributed by atoms with E-state index in [1.54, 1.807) is 0 Å². The van der Waals surface area contributed by atoms with E-state index in [-0.39, 0.29) is 0 Å². The first-order chi connectivity index (χ1) is 16.3. The van der Waals surface area contributed by atoms with Crippen LogP contribution in [-0.2, 0) is 22.6 Å². The average Bonchev–Trinajstić information content (AvgIpc) is 2.85. The molecule has 2 aromatic carbocycles. The molecule has 0 aliphatic carbocycles. The van der Waals surface area contributed by atoms with Gasteiger partial charge < -0.3 is 24.3 Å². The van der Waals surface area contributed by atoms with Gasteiger partial charge >= 0.3 is 0 Å². The maximum Gasteiger partial charge on any atom is 0.119 e. The molecule has 0 amide bonds.